The van der Waals surface area contributed by atoms with Gasteiger partial charge in [-0.05, 0) is 31.9 Å². The van der Waals surface area contributed by atoms with Crippen LogP contribution in [0.3, 0.4) is 0 Å². The highest BCUT2D eigenvalue weighted by Gasteiger charge is 2.47. The minimum Gasteiger partial charge on any atom is -0.444 e. The van der Waals surface area contributed by atoms with Gasteiger partial charge in [0.2, 0.25) is 5.89 Å². The van der Waals surface area contributed by atoms with Crippen molar-refractivity contribution in [2.45, 2.75) is 41.8 Å². The molecule has 1 amide bonds. The molecule has 1 spiro atoms. The van der Waals surface area contributed by atoms with Gasteiger partial charge in [0.05, 0.1) is 35.7 Å². The van der Waals surface area contributed by atoms with E-state index >= 15 is 0 Å². The molecule has 1 aromatic carbocycles. The first kappa shape index (κ1) is 23.1. The fraction of sp³-hybridized carbons (Fsp3) is 0.391. The Balaban J connectivity index is 1.27. The van der Waals surface area contributed by atoms with E-state index in [0.717, 1.165) is 43.3 Å². The number of aromatic nitrogens is 3. The number of piperidine rings is 1. The van der Waals surface area contributed by atoms with Gasteiger partial charge in [-0.15, -0.1) is 0 Å². The maximum absolute atomic E-state index is 11.3. The molecule has 0 unspecified atom stereocenters. The number of nitrogens with two attached hydrogens (primary N) is 2. The van der Waals surface area contributed by atoms with Crippen molar-refractivity contribution in [3.05, 3.63) is 47.6 Å². The van der Waals surface area contributed by atoms with E-state index < -0.39 is 5.91 Å². The Morgan fingerprint density at radius 3 is 2.68 bits per heavy atom. The normalized spacial score (nSPS) is 21.8. The van der Waals surface area contributed by atoms with Crippen molar-refractivity contribution in [2.24, 2.45) is 16.9 Å². The summed E-state index contributed by atoms with van der Waals surface area (Å²) in [6.07, 6.45) is 6.83. The number of hydrogen-bond acceptors (Lipinski definition) is 9. The Morgan fingerprint density at radius 2 is 2.06 bits per heavy atom. The molecule has 0 saturated carbocycles. The summed E-state index contributed by atoms with van der Waals surface area (Å²) in [6, 6.07) is 5.56. The number of rotatable bonds is 5. The number of amides is 1. The number of carbonyl (C=O) groups is 1. The molecule has 11 heteroatoms. The van der Waals surface area contributed by atoms with Crippen LogP contribution in [0, 0.1) is 5.41 Å². The summed E-state index contributed by atoms with van der Waals surface area (Å²) in [5.74, 6) is 0.413. The van der Waals surface area contributed by atoms with Crippen LogP contribution >= 0.6 is 23.4 Å². The predicted octanol–water partition coefficient (Wildman–Crippen LogP) is 3.37. The van der Waals surface area contributed by atoms with Crippen molar-refractivity contribution >= 4 is 35.1 Å². The van der Waals surface area contributed by atoms with Crippen LogP contribution in [0.2, 0.25) is 5.02 Å². The van der Waals surface area contributed by atoms with Crippen LogP contribution in [-0.4, -0.2) is 52.7 Å². The molecule has 2 aliphatic heterocycles. The number of halogens is 1. The van der Waals surface area contributed by atoms with Gasteiger partial charge in [-0.3, -0.25) is 4.79 Å². The molecular weight excluding hydrogens is 476 g/mol. The fourth-order valence-electron chi connectivity index (χ4n) is 4.56. The summed E-state index contributed by atoms with van der Waals surface area (Å²) >= 11 is 7.99. The van der Waals surface area contributed by atoms with Crippen molar-refractivity contribution < 1.29 is 13.9 Å². The molecule has 4 N–H and O–H groups in total. The highest BCUT2D eigenvalue weighted by atomic mass is 35.5. The molecule has 34 heavy (non-hydrogen) atoms. The third kappa shape index (κ3) is 4.26. The molecule has 2 saturated heterocycles. The van der Waals surface area contributed by atoms with Crippen LogP contribution in [0.25, 0.3) is 11.5 Å². The molecular formula is C23H25ClN6O3S. The van der Waals surface area contributed by atoms with Gasteiger partial charge in [-0.2, -0.15) is 0 Å². The summed E-state index contributed by atoms with van der Waals surface area (Å²) < 4.78 is 11.2. The van der Waals surface area contributed by atoms with E-state index in [4.69, 9.17) is 32.2 Å². The van der Waals surface area contributed by atoms with Crippen molar-refractivity contribution in [1.82, 2.24) is 15.0 Å². The van der Waals surface area contributed by atoms with Crippen molar-refractivity contribution in [1.29, 1.82) is 0 Å². The van der Waals surface area contributed by atoms with Crippen LogP contribution in [0.5, 0.6) is 0 Å². The summed E-state index contributed by atoms with van der Waals surface area (Å²) in [6.45, 7) is 4.55. The lowest BCUT2D eigenvalue weighted by molar-refractivity contribution is 0.0973. The molecule has 0 bridgehead atoms. The van der Waals surface area contributed by atoms with Crippen molar-refractivity contribution in [3.63, 3.8) is 0 Å². The van der Waals surface area contributed by atoms with Gasteiger partial charge < -0.3 is 25.5 Å². The zero-order valence-electron chi connectivity index (χ0n) is 18.6. The van der Waals surface area contributed by atoms with E-state index in [9.17, 15) is 4.79 Å². The van der Waals surface area contributed by atoms with Crippen LogP contribution in [0.15, 0.2) is 51.2 Å². The average molecular weight is 501 g/mol. The first-order valence-corrected chi connectivity index (χ1v) is 12.2. The average Bonchev–Trinajstić information content (AvgIpc) is 3.44. The summed E-state index contributed by atoms with van der Waals surface area (Å²) in [4.78, 5) is 27.6. The second kappa shape index (κ2) is 9.18. The Kier molecular flexibility index (Phi) is 6.24. The third-order valence-electron chi connectivity index (χ3n) is 6.71. The largest absolute Gasteiger partial charge is 0.444 e. The molecule has 3 aromatic rings. The van der Waals surface area contributed by atoms with Crippen molar-refractivity contribution in [3.8, 4) is 11.5 Å². The highest BCUT2D eigenvalue weighted by Crippen LogP contribution is 2.42. The highest BCUT2D eigenvalue weighted by molar-refractivity contribution is 7.99. The Hall–Kier alpha value is -2.66. The first-order valence-electron chi connectivity index (χ1n) is 11.0. The maximum atomic E-state index is 11.3. The van der Waals surface area contributed by atoms with Crippen LogP contribution in [0.4, 0.5) is 5.82 Å². The van der Waals surface area contributed by atoms with Gasteiger partial charge in [-0.25, -0.2) is 15.0 Å². The number of benzene rings is 1. The lowest BCUT2D eigenvalue weighted by atomic mass is 9.73. The lowest BCUT2D eigenvalue weighted by Gasteiger charge is -2.41. The molecule has 0 radical (unpaired) electrons. The predicted molar refractivity (Wildman–Crippen MR) is 129 cm³/mol. The standard InChI is InChI=1S/C23H25ClN6O3S/c1-13-20(25)23(12-33-13)5-7-30(8-6-23)17-9-28-18(10-27-17)34-16-4-2-3-14(19(16)24)22-29-15(11-32-22)21(26)31/h2-4,9-11,13,20H,5-8,12,25H2,1H3,(H2,26,31)/t13-,20+/m0/s1. The quantitative estimate of drug-likeness (QED) is 0.540. The summed E-state index contributed by atoms with van der Waals surface area (Å²) in [5.41, 5.74) is 12.4. The lowest BCUT2D eigenvalue weighted by Crippen LogP contribution is -2.50. The number of carbonyl (C=O) groups excluding carboxylic acids is 1. The topological polar surface area (TPSA) is 133 Å². The number of oxazole rings is 1. The SMILES string of the molecule is C[C@@H]1OCC2(CCN(c3cnc(Sc4cccc(-c5nc(C(N)=O)co5)c4Cl)cn3)CC2)[C@@H]1N. The van der Waals surface area contributed by atoms with Crippen LogP contribution in [0.1, 0.15) is 30.3 Å². The second-order valence-electron chi connectivity index (χ2n) is 8.73. The molecule has 4 heterocycles. The molecule has 2 aromatic heterocycles. The number of nitrogens with zero attached hydrogens (tertiary/aromatic N) is 4. The van der Waals surface area contributed by atoms with Gasteiger partial charge in [0.25, 0.3) is 5.91 Å². The maximum Gasteiger partial charge on any atom is 0.270 e. The summed E-state index contributed by atoms with van der Waals surface area (Å²) in [7, 11) is 0. The van der Waals surface area contributed by atoms with E-state index in [0.29, 0.717) is 15.6 Å². The van der Waals surface area contributed by atoms with E-state index in [2.05, 4.69) is 26.8 Å². The number of primary amides is 1. The van der Waals surface area contributed by atoms with Gasteiger partial charge in [0, 0.05) is 29.4 Å². The monoisotopic (exact) mass is 500 g/mol. The second-order valence-corrected chi connectivity index (χ2v) is 10.2. The van der Waals surface area contributed by atoms with Gasteiger partial charge in [0.1, 0.15) is 17.1 Å². The zero-order chi connectivity index (χ0) is 23.9. The van der Waals surface area contributed by atoms with Gasteiger partial charge >= 0.3 is 0 Å². The van der Waals surface area contributed by atoms with E-state index in [1.165, 1.54) is 18.0 Å². The smallest absolute Gasteiger partial charge is 0.270 e. The van der Waals surface area contributed by atoms with Crippen LogP contribution in [-0.2, 0) is 4.74 Å². The molecule has 5 rings (SSSR count). The van der Waals surface area contributed by atoms with Gasteiger partial charge in [-0.1, -0.05) is 29.4 Å². The van der Waals surface area contributed by atoms with Gasteiger partial charge in [0.15, 0.2) is 5.69 Å². The molecule has 178 valence electrons. The Bertz CT molecular complexity index is 1200. The third-order valence-corrected chi connectivity index (χ3v) is 8.21. The molecule has 0 aliphatic carbocycles. The minimum absolute atomic E-state index is 0.0474. The Labute approximate surface area is 206 Å². The minimum atomic E-state index is -0.662. The molecule has 9 nitrogen and oxygen atoms in total. The first-order chi connectivity index (χ1) is 16.4. The Morgan fingerprint density at radius 1 is 1.26 bits per heavy atom. The number of ether oxygens (including phenoxy) is 1. The van der Waals surface area contributed by atoms with E-state index in [1.54, 1.807) is 18.5 Å². The molecule has 2 atom stereocenters. The zero-order valence-corrected chi connectivity index (χ0v) is 20.2. The number of anilines is 1. The fourth-order valence-corrected chi connectivity index (χ4v) is 5.66. The summed E-state index contributed by atoms with van der Waals surface area (Å²) in [5, 5.41) is 1.16. The van der Waals surface area contributed by atoms with Crippen molar-refractivity contribution in [2.75, 3.05) is 24.6 Å². The number of hydrogen-bond donors (Lipinski definition) is 2. The molecule has 2 aliphatic rings. The molecule has 2 fully saturated rings. The van der Waals surface area contributed by atoms with E-state index in [1.807, 2.05) is 12.1 Å². The van der Waals surface area contributed by atoms with E-state index in [-0.39, 0.29) is 29.1 Å². The van der Waals surface area contributed by atoms with Crippen LogP contribution < -0.4 is 16.4 Å².